The summed E-state index contributed by atoms with van der Waals surface area (Å²) in [6.45, 7) is 3.63. The normalized spacial score (nSPS) is 23.9. The zero-order chi connectivity index (χ0) is 12.8. The molecule has 1 rings (SSSR count). The zero-order valence-corrected chi connectivity index (χ0v) is 10.3. The van der Waals surface area contributed by atoms with Gasteiger partial charge in [-0.25, -0.2) is 4.79 Å². The first kappa shape index (κ1) is 13.9. The molecule has 1 saturated carbocycles. The Balaban J connectivity index is 2.52. The monoisotopic (exact) mass is 242 g/mol. The fourth-order valence-electron chi connectivity index (χ4n) is 2.60. The van der Waals surface area contributed by atoms with E-state index in [1.54, 1.807) is 0 Å². The lowest BCUT2D eigenvalue weighted by molar-refractivity contribution is -0.121. The number of imide groups is 1. The molecule has 6 nitrogen and oxygen atoms in total. The topological polar surface area (TPSA) is 101 Å². The van der Waals surface area contributed by atoms with E-state index in [0.717, 1.165) is 25.8 Å². The molecule has 6 heteroatoms. The summed E-state index contributed by atoms with van der Waals surface area (Å²) in [4.78, 5) is 24.1. The Bertz CT molecular complexity index is 283. The smallest absolute Gasteiger partial charge is 0.318 e. The fraction of sp³-hybridized carbons (Fsp3) is 0.818. The molecule has 0 saturated heterocycles. The summed E-state index contributed by atoms with van der Waals surface area (Å²) >= 11 is 0. The molecule has 0 spiro atoms. The van der Waals surface area contributed by atoms with E-state index < -0.39 is 6.03 Å². The van der Waals surface area contributed by atoms with Gasteiger partial charge in [-0.3, -0.25) is 15.0 Å². The number of nitrogens with zero attached hydrogens (tertiary/aromatic N) is 1. The lowest BCUT2D eigenvalue weighted by atomic mass is 10.0. The summed E-state index contributed by atoms with van der Waals surface area (Å²) in [5.74, 6) is 0.110. The minimum Gasteiger partial charge on any atom is -0.351 e. The number of rotatable bonds is 5. The minimum absolute atomic E-state index is 0.209. The SMILES string of the molecule is CCN(CC(=O)NC(N)=O)C1CCCC1CN. The number of primary amides is 1. The number of hydrogen-bond acceptors (Lipinski definition) is 4. The number of amides is 3. The van der Waals surface area contributed by atoms with E-state index in [-0.39, 0.29) is 12.5 Å². The molecule has 2 unspecified atom stereocenters. The second-order valence-corrected chi connectivity index (χ2v) is 4.47. The van der Waals surface area contributed by atoms with Crippen molar-refractivity contribution in [3.63, 3.8) is 0 Å². The van der Waals surface area contributed by atoms with Crippen LogP contribution in [0.2, 0.25) is 0 Å². The molecule has 0 aliphatic heterocycles. The third-order valence-electron chi connectivity index (χ3n) is 3.41. The number of carbonyl (C=O) groups is 2. The summed E-state index contributed by atoms with van der Waals surface area (Å²) in [7, 11) is 0. The van der Waals surface area contributed by atoms with E-state index in [2.05, 4.69) is 10.2 Å². The van der Waals surface area contributed by atoms with Crippen LogP contribution < -0.4 is 16.8 Å². The minimum atomic E-state index is -0.798. The predicted octanol–water partition coefficient (Wildman–Crippen LogP) is -0.369. The molecule has 0 radical (unpaired) electrons. The van der Waals surface area contributed by atoms with Crippen LogP contribution in [0.5, 0.6) is 0 Å². The summed E-state index contributed by atoms with van der Waals surface area (Å²) in [6, 6.07) is -0.448. The van der Waals surface area contributed by atoms with Crippen molar-refractivity contribution in [1.29, 1.82) is 0 Å². The molecule has 1 aliphatic rings. The van der Waals surface area contributed by atoms with E-state index in [0.29, 0.717) is 18.5 Å². The molecule has 98 valence electrons. The molecular formula is C11H22N4O2. The Hall–Kier alpha value is -1.14. The van der Waals surface area contributed by atoms with Gasteiger partial charge >= 0.3 is 6.03 Å². The van der Waals surface area contributed by atoms with Gasteiger partial charge in [-0.15, -0.1) is 0 Å². The summed E-state index contributed by atoms with van der Waals surface area (Å²) in [5.41, 5.74) is 10.6. The highest BCUT2D eigenvalue weighted by atomic mass is 16.2. The van der Waals surface area contributed by atoms with Gasteiger partial charge in [-0.1, -0.05) is 13.3 Å². The van der Waals surface area contributed by atoms with Gasteiger partial charge in [0, 0.05) is 6.04 Å². The molecule has 0 aromatic rings. The summed E-state index contributed by atoms with van der Waals surface area (Å²) in [6.07, 6.45) is 3.34. The Labute approximate surface area is 102 Å². The van der Waals surface area contributed by atoms with Crippen LogP contribution in [0.25, 0.3) is 0 Å². The number of nitrogens with one attached hydrogen (secondary N) is 1. The van der Waals surface area contributed by atoms with Crippen molar-refractivity contribution in [1.82, 2.24) is 10.2 Å². The van der Waals surface area contributed by atoms with Crippen molar-refractivity contribution in [2.24, 2.45) is 17.4 Å². The molecule has 2 atom stereocenters. The number of nitrogens with two attached hydrogens (primary N) is 2. The first-order valence-corrected chi connectivity index (χ1v) is 6.11. The Morgan fingerprint density at radius 2 is 2.12 bits per heavy atom. The fourth-order valence-corrected chi connectivity index (χ4v) is 2.60. The van der Waals surface area contributed by atoms with Crippen molar-refractivity contribution in [2.45, 2.75) is 32.2 Å². The number of hydrogen-bond donors (Lipinski definition) is 3. The second kappa shape index (κ2) is 6.56. The van der Waals surface area contributed by atoms with Crippen LogP contribution in [0, 0.1) is 5.92 Å². The van der Waals surface area contributed by atoms with E-state index in [4.69, 9.17) is 11.5 Å². The highest BCUT2D eigenvalue weighted by Crippen LogP contribution is 2.28. The van der Waals surface area contributed by atoms with Gasteiger partial charge in [0.15, 0.2) is 0 Å². The Kier molecular flexibility index (Phi) is 5.37. The molecule has 0 bridgehead atoms. The lowest BCUT2D eigenvalue weighted by Crippen LogP contribution is -2.47. The first-order valence-electron chi connectivity index (χ1n) is 6.11. The van der Waals surface area contributed by atoms with E-state index in [1.165, 1.54) is 0 Å². The van der Waals surface area contributed by atoms with E-state index in [9.17, 15) is 9.59 Å². The van der Waals surface area contributed by atoms with Crippen LogP contribution in [0.3, 0.4) is 0 Å². The van der Waals surface area contributed by atoms with Gasteiger partial charge in [0.05, 0.1) is 6.54 Å². The summed E-state index contributed by atoms with van der Waals surface area (Å²) in [5, 5.41) is 2.09. The zero-order valence-electron chi connectivity index (χ0n) is 10.3. The van der Waals surface area contributed by atoms with Crippen molar-refractivity contribution in [3.05, 3.63) is 0 Å². The van der Waals surface area contributed by atoms with Crippen LogP contribution >= 0.6 is 0 Å². The van der Waals surface area contributed by atoms with E-state index in [1.807, 2.05) is 6.92 Å². The van der Waals surface area contributed by atoms with Gasteiger partial charge in [-0.05, 0) is 31.8 Å². The van der Waals surface area contributed by atoms with Crippen LogP contribution in [0.1, 0.15) is 26.2 Å². The predicted molar refractivity (Wildman–Crippen MR) is 65.2 cm³/mol. The van der Waals surface area contributed by atoms with Crippen LogP contribution in [0.15, 0.2) is 0 Å². The quantitative estimate of drug-likeness (QED) is 0.612. The molecule has 0 heterocycles. The van der Waals surface area contributed by atoms with Gasteiger partial charge in [-0.2, -0.15) is 0 Å². The molecule has 3 amide bonds. The van der Waals surface area contributed by atoms with Crippen molar-refractivity contribution >= 4 is 11.9 Å². The maximum absolute atomic E-state index is 11.5. The molecule has 1 aliphatic carbocycles. The highest BCUT2D eigenvalue weighted by Gasteiger charge is 2.31. The average Bonchev–Trinajstić information content (AvgIpc) is 2.72. The van der Waals surface area contributed by atoms with Gasteiger partial charge in [0.1, 0.15) is 0 Å². The van der Waals surface area contributed by atoms with Crippen LogP contribution in [-0.4, -0.2) is 42.5 Å². The van der Waals surface area contributed by atoms with Gasteiger partial charge in [0.2, 0.25) is 5.91 Å². The molecule has 1 fully saturated rings. The summed E-state index contributed by atoms with van der Waals surface area (Å²) < 4.78 is 0. The van der Waals surface area contributed by atoms with Crippen LogP contribution in [-0.2, 0) is 4.79 Å². The van der Waals surface area contributed by atoms with Gasteiger partial charge < -0.3 is 11.5 Å². The third-order valence-corrected chi connectivity index (χ3v) is 3.41. The van der Waals surface area contributed by atoms with Crippen molar-refractivity contribution in [3.8, 4) is 0 Å². The average molecular weight is 242 g/mol. The van der Waals surface area contributed by atoms with E-state index >= 15 is 0 Å². The Morgan fingerprint density at radius 1 is 1.41 bits per heavy atom. The third kappa shape index (κ3) is 3.98. The first-order chi connectivity index (χ1) is 8.08. The molecular weight excluding hydrogens is 220 g/mol. The Morgan fingerprint density at radius 3 is 2.65 bits per heavy atom. The standard InChI is InChI=1S/C11H22N4O2/c1-2-15(7-10(16)14-11(13)17)9-5-3-4-8(9)6-12/h8-9H,2-7,12H2,1H3,(H3,13,14,16,17). The molecule has 17 heavy (non-hydrogen) atoms. The van der Waals surface area contributed by atoms with Gasteiger partial charge in [0.25, 0.3) is 0 Å². The number of carbonyl (C=O) groups excluding carboxylic acids is 2. The lowest BCUT2D eigenvalue weighted by Gasteiger charge is -2.30. The largest absolute Gasteiger partial charge is 0.351 e. The molecule has 0 aromatic carbocycles. The number of likely N-dealkylation sites (N-methyl/N-ethyl adjacent to an activating group) is 1. The number of urea groups is 1. The second-order valence-electron chi connectivity index (χ2n) is 4.47. The van der Waals surface area contributed by atoms with Crippen LogP contribution in [0.4, 0.5) is 4.79 Å². The van der Waals surface area contributed by atoms with Crippen molar-refractivity contribution < 1.29 is 9.59 Å². The van der Waals surface area contributed by atoms with Crippen molar-refractivity contribution in [2.75, 3.05) is 19.6 Å². The molecule has 5 N–H and O–H groups in total. The molecule has 0 aromatic heterocycles. The maximum atomic E-state index is 11.5. The maximum Gasteiger partial charge on any atom is 0.318 e. The highest BCUT2D eigenvalue weighted by molar-refractivity contribution is 5.94.